The highest BCUT2D eigenvalue weighted by molar-refractivity contribution is 5.75. The van der Waals surface area contributed by atoms with Crippen LogP contribution in [-0.2, 0) is 14.3 Å². The molecule has 0 N–H and O–H groups in total. The summed E-state index contributed by atoms with van der Waals surface area (Å²) in [7, 11) is 0. The molecule has 0 heterocycles. The summed E-state index contributed by atoms with van der Waals surface area (Å²) in [6.45, 7) is 6.38. The lowest BCUT2D eigenvalue weighted by molar-refractivity contribution is -0.155. The molecule has 0 atom stereocenters. The molecule has 0 aliphatic heterocycles. The quantitative estimate of drug-likeness (QED) is 0.427. The van der Waals surface area contributed by atoms with Crippen LogP contribution in [0, 0.1) is 5.41 Å². The molecule has 1 aromatic carbocycles. The maximum Gasteiger partial charge on any atom is 0.311 e. The predicted octanol–water partition coefficient (Wildman–Crippen LogP) is 3.65. The molecule has 1 rings (SSSR count). The Kier molecular flexibility index (Phi) is 6.13. The molecule has 0 saturated heterocycles. The smallest absolute Gasteiger partial charge is 0.311 e. The van der Waals surface area contributed by atoms with Gasteiger partial charge >= 0.3 is 5.97 Å². The monoisotopic (exact) mass is 262 g/mol. The zero-order chi connectivity index (χ0) is 14.1. The van der Waals surface area contributed by atoms with Gasteiger partial charge in [0.05, 0.1) is 11.7 Å². The Hall–Kier alpha value is -1.77. The molecule has 0 aliphatic carbocycles. The van der Waals surface area contributed by atoms with Crippen LogP contribution in [0.15, 0.2) is 36.6 Å². The van der Waals surface area contributed by atoms with Crippen LogP contribution in [0.5, 0.6) is 0 Å². The van der Waals surface area contributed by atoms with Crippen molar-refractivity contribution in [2.24, 2.45) is 5.41 Å². The summed E-state index contributed by atoms with van der Waals surface area (Å²) in [6, 6.07) is 9.88. The molecule has 3 heteroatoms. The fourth-order valence-corrected chi connectivity index (χ4v) is 1.28. The summed E-state index contributed by atoms with van der Waals surface area (Å²) < 4.78 is 10.4. The predicted molar refractivity (Wildman–Crippen MR) is 76.5 cm³/mol. The van der Waals surface area contributed by atoms with Crippen molar-refractivity contribution in [1.29, 1.82) is 0 Å². The Labute approximate surface area is 115 Å². The Morgan fingerprint density at radius 1 is 1.21 bits per heavy atom. The van der Waals surface area contributed by atoms with Crippen LogP contribution in [0.1, 0.15) is 32.8 Å². The lowest BCUT2D eigenvalue weighted by Gasteiger charge is -2.20. The first kappa shape index (κ1) is 15.3. The van der Waals surface area contributed by atoms with Crippen molar-refractivity contribution in [2.75, 3.05) is 13.2 Å². The third kappa shape index (κ3) is 5.60. The molecule has 0 aliphatic rings. The summed E-state index contributed by atoms with van der Waals surface area (Å²) in [5.41, 5.74) is 0.659. The molecule has 0 aromatic heterocycles. The minimum absolute atomic E-state index is 0.175. The molecule has 3 nitrogen and oxygen atoms in total. The summed E-state index contributed by atoms with van der Waals surface area (Å²) in [5.74, 6) is -0.175. The summed E-state index contributed by atoms with van der Waals surface area (Å²) in [5, 5.41) is 0. The van der Waals surface area contributed by atoms with Crippen LogP contribution in [0.3, 0.4) is 0 Å². The van der Waals surface area contributed by atoms with Gasteiger partial charge in [0, 0.05) is 0 Å². The first-order chi connectivity index (χ1) is 9.06. The Morgan fingerprint density at radius 2 is 1.89 bits per heavy atom. The molecular weight excluding hydrogens is 240 g/mol. The summed E-state index contributed by atoms with van der Waals surface area (Å²) >= 11 is 0. The van der Waals surface area contributed by atoms with E-state index in [2.05, 4.69) is 0 Å². The van der Waals surface area contributed by atoms with Gasteiger partial charge in [0.15, 0.2) is 0 Å². The van der Waals surface area contributed by atoms with Crippen molar-refractivity contribution in [1.82, 2.24) is 0 Å². The van der Waals surface area contributed by atoms with Crippen molar-refractivity contribution in [2.45, 2.75) is 27.2 Å². The van der Waals surface area contributed by atoms with Gasteiger partial charge in [-0.25, -0.2) is 0 Å². The number of rotatable bonds is 7. The van der Waals surface area contributed by atoms with Crippen LogP contribution < -0.4 is 0 Å². The van der Waals surface area contributed by atoms with E-state index in [0.29, 0.717) is 6.61 Å². The number of hydrogen-bond donors (Lipinski definition) is 0. The van der Waals surface area contributed by atoms with Crippen molar-refractivity contribution in [3.63, 3.8) is 0 Å². The van der Waals surface area contributed by atoms with Gasteiger partial charge in [-0.05, 0) is 31.9 Å². The molecular formula is C16H22O3. The van der Waals surface area contributed by atoms with Gasteiger partial charge in [-0.1, -0.05) is 37.3 Å². The number of carbonyl (C=O) groups excluding carboxylic acids is 1. The maximum absolute atomic E-state index is 11.7. The van der Waals surface area contributed by atoms with Crippen LogP contribution in [0.4, 0.5) is 0 Å². The molecule has 19 heavy (non-hydrogen) atoms. The Balaban J connectivity index is 2.18. The van der Waals surface area contributed by atoms with E-state index in [-0.39, 0.29) is 12.6 Å². The average molecular weight is 262 g/mol. The molecule has 0 unspecified atom stereocenters. The Bertz CT molecular complexity index is 407. The van der Waals surface area contributed by atoms with Gasteiger partial charge in [0.25, 0.3) is 0 Å². The third-order valence-electron chi connectivity index (χ3n) is 3.03. The standard InChI is InChI=1S/C16H22O3/c1-4-16(2,3)15(17)19-13-12-18-11-10-14-8-6-5-7-9-14/h5-11H,4,12-13H2,1-3H3/b11-10+. The molecule has 0 bridgehead atoms. The number of esters is 1. The normalized spacial score (nSPS) is 11.5. The van der Waals surface area contributed by atoms with Gasteiger partial charge in [-0.2, -0.15) is 0 Å². The number of carbonyl (C=O) groups is 1. The van der Waals surface area contributed by atoms with Crippen molar-refractivity contribution in [3.05, 3.63) is 42.2 Å². The zero-order valence-corrected chi connectivity index (χ0v) is 11.9. The molecule has 0 saturated carbocycles. The first-order valence-corrected chi connectivity index (χ1v) is 6.56. The number of ether oxygens (including phenoxy) is 2. The minimum atomic E-state index is -0.417. The molecule has 0 amide bonds. The third-order valence-corrected chi connectivity index (χ3v) is 3.03. The van der Waals surface area contributed by atoms with Gasteiger partial charge in [0.1, 0.15) is 13.2 Å². The van der Waals surface area contributed by atoms with Crippen LogP contribution >= 0.6 is 0 Å². The van der Waals surface area contributed by atoms with E-state index in [1.807, 2.05) is 57.2 Å². The van der Waals surface area contributed by atoms with Gasteiger partial charge in [0.2, 0.25) is 0 Å². The van der Waals surface area contributed by atoms with Gasteiger partial charge < -0.3 is 9.47 Å². The summed E-state index contributed by atoms with van der Waals surface area (Å²) in [6.07, 6.45) is 4.26. The molecule has 104 valence electrons. The van der Waals surface area contributed by atoms with E-state index in [1.165, 1.54) is 0 Å². The number of hydrogen-bond acceptors (Lipinski definition) is 3. The van der Waals surface area contributed by atoms with E-state index < -0.39 is 5.41 Å². The van der Waals surface area contributed by atoms with Crippen molar-refractivity contribution in [3.8, 4) is 0 Å². The SMILES string of the molecule is CCC(C)(C)C(=O)OCCO/C=C/c1ccccc1. The molecule has 0 spiro atoms. The largest absolute Gasteiger partial charge is 0.498 e. The molecule has 1 aromatic rings. The second-order valence-electron chi connectivity index (χ2n) is 4.96. The lowest BCUT2D eigenvalue weighted by Crippen LogP contribution is -2.26. The van der Waals surface area contributed by atoms with Gasteiger partial charge in [-0.3, -0.25) is 4.79 Å². The van der Waals surface area contributed by atoms with Crippen LogP contribution in [0.2, 0.25) is 0 Å². The highest BCUT2D eigenvalue weighted by Crippen LogP contribution is 2.21. The van der Waals surface area contributed by atoms with E-state index >= 15 is 0 Å². The van der Waals surface area contributed by atoms with E-state index in [4.69, 9.17) is 9.47 Å². The topological polar surface area (TPSA) is 35.5 Å². The van der Waals surface area contributed by atoms with Crippen LogP contribution in [0.25, 0.3) is 6.08 Å². The Morgan fingerprint density at radius 3 is 2.53 bits per heavy atom. The summed E-state index contributed by atoms with van der Waals surface area (Å²) in [4.78, 5) is 11.7. The second kappa shape index (κ2) is 7.62. The fourth-order valence-electron chi connectivity index (χ4n) is 1.28. The van der Waals surface area contributed by atoms with Crippen LogP contribution in [-0.4, -0.2) is 19.2 Å². The van der Waals surface area contributed by atoms with E-state index in [0.717, 1.165) is 12.0 Å². The second-order valence-corrected chi connectivity index (χ2v) is 4.96. The van der Waals surface area contributed by atoms with Crippen molar-refractivity contribution >= 4 is 12.0 Å². The average Bonchev–Trinajstić information content (AvgIpc) is 2.43. The highest BCUT2D eigenvalue weighted by atomic mass is 16.6. The lowest BCUT2D eigenvalue weighted by atomic mass is 9.91. The fraction of sp³-hybridized carbons (Fsp3) is 0.438. The highest BCUT2D eigenvalue weighted by Gasteiger charge is 2.26. The first-order valence-electron chi connectivity index (χ1n) is 6.56. The molecule has 0 fully saturated rings. The zero-order valence-electron chi connectivity index (χ0n) is 11.9. The molecule has 0 radical (unpaired) electrons. The minimum Gasteiger partial charge on any atom is -0.498 e. The van der Waals surface area contributed by atoms with Gasteiger partial charge in [-0.15, -0.1) is 0 Å². The van der Waals surface area contributed by atoms with E-state index in [9.17, 15) is 4.79 Å². The van der Waals surface area contributed by atoms with E-state index in [1.54, 1.807) is 6.26 Å². The maximum atomic E-state index is 11.7. The van der Waals surface area contributed by atoms with Crippen molar-refractivity contribution < 1.29 is 14.3 Å². The number of benzene rings is 1.